The van der Waals surface area contributed by atoms with E-state index in [2.05, 4.69) is 4.90 Å². The first-order chi connectivity index (χ1) is 11.6. The van der Waals surface area contributed by atoms with E-state index >= 15 is 0 Å². The average molecular weight is 333 g/mol. The molecule has 0 bridgehead atoms. The number of hydrogen-bond acceptors (Lipinski definition) is 4. The van der Waals surface area contributed by atoms with Crippen LogP contribution in [0.5, 0.6) is 5.75 Å². The van der Waals surface area contributed by atoms with E-state index in [-0.39, 0.29) is 13.2 Å². The van der Waals surface area contributed by atoms with E-state index in [1.807, 2.05) is 24.3 Å². The summed E-state index contributed by atoms with van der Waals surface area (Å²) in [5.74, 6) is 0.755. The predicted octanol–water partition coefficient (Wildman–Crippen LogP) is 2.52. The van der Waals surface area contributed by atoms with Gasteiger partial charge < -0.3 is 14.9 Å². The molecule has 1 aliphatic heterocycles. The molecular formula is C19H27NO4. The van der Waals surface area contributed by atoms with Crippen LogP contribution in [-0.2, 0) is 11.3 Å². The van der Waals surface area contributed by atoms with E-state index in [9.17, 15) is 9.90 Å². The molecule has 0 amide bonds. The molecule has 0 aromatic heterocycles. The molecule has 1 unspecified atom stereocenters. The second-order valence-electron chi connectivity index (χ2n) is 7.23. The third-order valence-electron chi connectivity index (χ3n) is 5.20. The van der Waals surface area contributed by atoms with E-state index in [0.29, 0.717) is 19.0 Å². The van der Waals surface area contributed by atoms with E-state index in [4.69, 9.17) is 9.84 Å². The topological polar surface area (TPSA) is 70.0 Å². The molecule has 2 aliphatic rings. The number of benzene rings is 1. The van der Waals surface area contributed by atoms with Crippen LogP contribution in [0.3, 0.4) is 0 Å². The van der Waals surface area contributed by atoms with E-state index in [1.54, 1.807) is 0 Å². The molecule has 1 heterocycles. The third-order valence-corrected chi connectivity index (χ3v) is 5.20. The van der Waals surface area contributed by atoms with Crippen molar-refractivity contribution >= 4 is 5.97 Å². The van der Waals surface area contributed by atoms with Crippen LogP contribution < -0.4 is 4.74 Å². The summed E-state index contributed by atoms with van der Waals surface area (Å²) < 4.78 is 5.61. The lowest BCUT2D eigenvalue weighted by atomic mass is 9.75. The summed E-state index contributed by atoms with van der Waals surface area (Å²) in [6.07, 6.45) is 4.91. The van der Waals surface area contributed by atoms with E-state index < -0.39 is 11.4 Å². The molecule has 1 saturated carbocycles. The molecule has 0 spiro atoms. The number of aliphatic hydroxyl groups is 1. The van der Waals surface area contributed by atoms with Gasteiger partial charge in [0.2, 0.25) is 0 Å². The van der Waals surface area contributed by atoms with Crippen LogP contribution in [0.1, 0.15) is 37.7 Å². The number of carboxylic acid groups (broad SMARTS) is 1. The fraction of sp³-hybridized carbons (Fsp3) is 0.632. The van der Waals surface area contributed by atoms with Gasteiger partial charge in [-0.25, -0.2) is 0 Å². The van der Waals surface area contributed by atoms with Gasteiger partial charge in [0.1, 0.15) is 12.4 Å². The molecule has 0 radical (unpaired) electrons. The lowest BCUT2D eigenvalue weighted by Gasteiger charge is -2.40. The van der Waals surface area contributed by atoms with E-state index in [1.165, 1.54) is 12.8 Å². The Balaban J connectivity index is 1.69. The van der Waals surface area contributed by atoms with Crippen molar-refractivity contribution < 1.29 is 19.7 Å². The minimum Gasteiger partial charge on any atom is -0.491 e. The normalized spacial score (nSPS) is 24.7. The fourth-order valence-corrected chi connectivity index (χ4v) is 3.84. The Morgan fingerprint density at radius 3 is 2.83 bits per heavy atom. The van der Waals surface area contributed by atoms with Gasteiger partial charge in [0.15, 0.2) is 0 Å². The van der Waals surface area contributed by atoms with Gasteiger partial charge in [-0.3, -0.25) is 9.69 Å². The largest absolute Gasteiger partial charge is 0.491 e. The van der Waals surface area contributed by atoms with Crippen LogP contribution >= 0.6 is 0 Å². The maximum atomic E-state index is 12.0. The van der Waals surface area contributed by atoms with Crippen molar-refractivity contribution in [2.45, 2.75) is 38.6 Å². The van der Waals surface area contributed by atoms with Crippen LogP contribution in [0.4, 0.5) is 0 Å². The minimum atomic E-state index is -0.635. The van der Waals surface area contributed by atoms with E-state index in [0.717, 1.165) is 37.1 Å². The molecule has 3 rings (SSSR count). The number of nitrogens with zero attached hydrogens (tertiary/aromatic N) is 1. The Bertz CT molecular complexity index is 572. The van der Waals surface area contributed by atoms with Crippen LogP contribution in [0.2, 0.25) is 0 Å². The van der Waals surface area contributed by atoms with Gasteiger partial charge in [0.05, 0.1) is 12.0 Å². The Morgan fingerprint density at radius 2 is 2.12 bits per heavy atom. The first-order valence-corrected chi connectivity index (χ1v) is 8.90. The van der Waals surface area contributed by atoms with Crippen molar-refractivity contribution in [3.8, 4) is 5.75 Å². The number of rotatable bonds is 8. The number of aliphatic carboxylic acids is 1. The predicted molar refractivity (Wildman–Crippen MR) is 90.9 cm³/mol. The Hall–Kier alpha value is -1.59. The van der Waals surface area contributed by atoms with Gasteiger partial charge in [-0.2, -0.15) is 0 Å². The van der Waals surface area contributed by atoms with Crippen LogP contribution in [-0.4, -0.2) is 47.4 Å². The number of carboxylic acids is 1. The van der Waals surface area contributed by atoms with Crippen molar-refractivity contribution in [3.63, 3.8) is 0 Å². The number of carbonyl (C=O) groups is 1. The maximum absolute atomic E-state index is 12.0. The molecular weight excluding hydrogens is 306 g/mol. The number of piperidine rings is 1. The van der Waals surface area contributed by atoms with Gasteiger partial charge in [-0.05, 0) is 37.8 Å². The van der Waals surface area contributed by atoms with Gasteiger partial charge in [0.25, 0.3) is 0 Å². The number of likely N-dealkylation sites (tertiary alicyclic amines) is 1. The zero-order chi connectivity index (χ0) is 17.0. The Morgan fingerprint density at radius 1 is 1.33 bits per heavy atom. The van der Waals surface area contributed by atoms with Crippen molar-refractivity contribution in [1.82, 2.24) is 4.90 Å². The first kappa shape index (κ1) is 17.2. The SMILES string of the molecule is O=C(O)C1(CC2CC2)CCCN(Cc2ccccc2OCCO)C1. The molecule has 2 N–H and O–H groups in total. The lowest BCUT2D eigenvalue weighted by molar-refractivity contribution is -0.153. The highest BCUT2D eigenvalue weighted by molar-refractivity contribution is 5.75. The smallest absolute Gasteiger partial charge is 0.310 e. The summed E-state index contributed by atoms with van der Waals surface area (Å²) >= 11 is 0. The Labute approximate surface area is 143 Å². The van der Waals surface area contributed by atoms with Crippen LogP contribution in [0.15, 0.2) is 24.3 Å². The number of hydrogen-bond donors (Lipinski definition) is 2. The summed E-state index contributed by atoms with van der Waals surface area (Å²) in [5, 5.41) is 18.8. The van der Waals surface area contributed by atoms with Gasteiger partial charge in [-0.15, -0.1) is 0 Å². The number of aliphatic hydroxyl groups excluding tert-OH is 1. The Kier molecular flexibility index (Phi) is 5.41. The highest BCUT2D eigenvalue weighted by atomic mass is 16.5. The molecule has 2 fully saturated rings. The molecule has 5 heteroatoms. The highest BCUT2D eigenvalue weighted by Crippen LogP contribution is 2.45. The zero-order valence-corrected chi connectivity index (χ0v) is 14.1. The summed E-state index contributed by atoms with van der Waals surface area (Å²) in [4.78, 5) is 14.2. The lowest BCUT2D eigenvalue weighted by Crippen LogP contribution is -2.47. The third kappa shape index (κ3) is 4.08. The van der Waals surface area contributed by atoms with Gasteiger partial charge in [-0.1, -0.05) is 31.0 Å². The monoisotopic (exact) mass is 333 g/mol. The molecule has 24 heavy (non-hydrogen) atoms. The second kappa shape index (κ2) is 7.53. The first-order valence-electron chi connectivity index (χ1n) is 8.90. The average Bonchev–Trinajstić information content (AvgIpc) is 3.38. The minimum absolute atomic E-state index is 0.0123. The van der Waals surface area contributed by atoms with Crippen molar-refractivity contribution in [2.75, 3.05) is 26.3 Å². The summed E-state index contributed by atoms with van der Waals surface area (Å²) in [7, 11) is 0. The molecule has 1 saturated heterocycles. The standard InChI is InChI=1S/C19H27NO4/c21-10-11-24-17-5-2-1-4-16(17)13-20-9-3-8-19(14-20,18(22)23)12-15-6-7-15/h1-2,4-5,15,21H,3,6-14H2,(H,22,23). The molecule has 132 valence electrons. The summed E-state index contributed by atoms with van der Waals surface area (Å²) in [6, 6.07) is 7.81. The molecule has 5 nitrogen and oxygen atoms in total. The maximum Gasteiger partial charge on any atom is 0.310 e. The summed E-state index contributed by atoms with van der Waals surface area (Å²) in [5.41, 5.74) is 0.471. The molecule has 1 atom stereocenters. The second-order valence-corrected chi connectivity index (χ2v) is 7.23. The highest BCUT2D eigenvalue weighted by Gasteiger charge is 2.45. The molecule has 1 aliphatic carbocycles. The number of para-hydroxylation sites is 1. The van der Waals surface area contributed by atoms with Crippen LogP contribution in [0.25, 0.3) is 0 Å². The zero-order valence-electron chi connectivity index (χ0n) is 14.1. The number of ether oxygens (including phenoxy) is 1. The summed E-state index contributed by atoms with van der Waals surface area (Å²) in [6.45, 7) is 2.50. The van der Waals surface area contributed by atoms with Crippen molar-refractivity contribution in [3.05, 3.63) is 29.8 Å². The molecule has 1 aromatic rings. The van der Waals surface area contributed by atoms with Crippen LogP contribution in [0, 0.1) is 11.3 Å². The quantitative estimate of drug-likeness (QED) is 0.765. The fourth-order valence-electron chi connectivity index (χ4n) is 3.84. The molecule has 1 aromatic carbocycles. The van der Waals surface area contributed by atoms with Gasteiger partial charge >= 0.3 is 5.97 Å². The van der Waals surface area contributed by atoms with Gasteiger partial charge in [0, 0.05) is 18.7 Å². The van der Waals surface area contributed by atoms with Crippen molar-refractivity contribution in [1.29, 1.82) is 0 Å². The van der Waals surface area contributed by atoms with Crippen molar-refractivity contribution in [2.24, 2.45) is 11.3 Å².